The van der Waals surface area contributed by atoms with E-state index in [0.717, 1.165) is 22.4 Å². The van der Waals surface area contributed by atoms with E-state index in [9.17, 15) is 4.79 Å². The van der Waals surface area contributed by atoms with Crippen molar-refractivity contribution in [3.05, 3.63) is 59.2 Å². The molecular formula is C18H20O3. The molecule has 0 saturated heterocycles. The lowest BCUT2D eigenvalue weighted by Gasteiger charge is -2.09. The number of ether oxygens (including phenoxy) is 2. The molecule has 0 atom stereocenters. The van der Waals surface area contributed by atoms with Crippen LogP contribution in [0.15, 0.2) is 42.5 Å². The maximum atomic E-state index is 12.2. The summed E-state index contributed by atoms with van der Waals surface area (Å²) in [7, 11) is 0. The zero-order chi connectivity index (χ0) is 15.2. The van der Waals surface area contributed by atoms with Crippen LogP contribution in [0.1, 0.15) is 28.4 Å². The summed E-state index contributed by atoms with van der Waals surface area (Å²) in [6.45, 7) is 6.52. The molecule has 0 heterocycles. The van der Waals surface area contributed by atoms with E-state index in [4.69, 9.17) is 9.47 Å². The Hall–Kier alpha value is -2.29. The highest BCUT2D eigenvalue weighted by Gasteiger charge is 2.10. The lowest BCUT2D eigenvalue weighted by molar-refractivity contribution is 0.0921. The van der Waals surface area contributed by atoms with E-state index in [2.05, 4.69) is 0 Å². The Bertz CT molecular complexity index is 615. The molecule has 0 amide bonds. The first kappa shape index (κ1) is 15.1. The van der Waals surface area contributed by atoms with Gasteiger partial charge in [-0.05, 0) is 56.7 Å². The van der Waals surface area contributed by atoms with E-state index in [1.807, 2.05) is 51.1 Å². The number of rotatable bonds is 6. The third-order valence-corrected chi connectivity index (χ3v) is 3.20. The molecule has 3 heteroatoms. The minimum absolute atomic E-state index is 0.00918. The number of carbonyl (C=O) groups excluding carboxylic acids is 1. The summed E-state index contributed by atoms with van der Waals surface area (Å²) < 4.78 is 10.9. The van der Waals surface area contributed by atoms with Crippen LogP contribution in [0.5, 0.6) is 11.5 Å². The molecule has 2 aromatic rings. The monoisotopic (exact) mass is 284 g/mol. The molecule has 0 saturated carbocycles. The van der Waals surface area contributed by atoms with Crippen LogP contribution in [0.2, 0.25) is 0 Å². The van der Waals surface area contributed by atoms with Crippen molar-refractivity contribution >= 4 is 5.78 Å². The summed E-state index contributed by atoms with van der Waals surface area (Å²) in [4.78, 5) is 12.2. The topological polar surface area (TPSA) is 35.5 Å². The van der Waals surface area contributed by atoms with Crippen molar-refractivity contribution in [3.8, 4) is 11.5 Å². The molecule has 0 radical (unpaired) electrons. The second kappa shape index (κ2) is 6.93. The van der Waals surface area contributed by atoms with Crippen LogP contribution in [-0.2, 0) is 0 Å². The van der Waals surface area contributed by atoms with E-state index in [0.29, 0.717) is 12.4 Å². The zero-order valence-corrected chi connectivity index (χ0v) is 12.7. The van der Waals surface area contributed by atoms with Crippen molar-refractivity contribution in [2.75, 3.05) is 13.2 Å². The first-order chi connectivity index (χ1) is 10.1. The zero-order valence-electron chi connectivity index (χ0n) is 12.7. The van der Waals surface area contributed by atoms with E-state index in [-0.39, 0.29) is 12.4 Å². The summed E-state index contributed by atoms with van der Waals surface area (Å²) >= 11 is 0. The highest BCUT2D eigenvalue weighted by Crippen LogP contribution is 2.18. The highest BCUT2D eigenvalue weighted by molar-refractivity contribution is 5.98. The van der Waals surface area contributed by atoms with Gasteiger partial charge in [0.2, 0.25) is 0 Å². The SMILES string of the molecule is CCOc1ccc(OCC(=O)c2cc(C)ccc2C)cc1. The quantitative estimate of drug-likeness (QED) is 0.753. The number of ketones is 1. The van der Waals surface area contributed by atoms with Gasteiger partial charge in [0.1, 0.15) is 11.5 Å². The van der Waals surface area contributed by atoms with Gasteiger partial charge < -0.3 is 9.47 Å². The van der Waals surface area contributed by atoms with Crippen LogP contribution >= 0.6 is 0 Å². The Kier molecular flexibility index (Phi) is 4.99. The number of hydrogen-bond donors (Lipinski definition) is 0. The van der Waals surface area contributed by atoms with Crippen LogP contribution in [0.25, 0.3) is 0 Å². The van der Waals surface area contributed by atoms with Crippen LogP contribution in [0.4, 0.5) is 0 Å². The highest BCUT2D eigenvalue weighted by atomic mass is 16.5. The van der Waals surface area contributed by atoms with Gasteiger partial charge in [-0.15, -0.1) is 0 Å². The van der Waals surface area contributed by atoms with Crippen LogP contribution in [-0.4, -0.2) is 19.0 Å². The molecule has 0 bridgehead atoms. The summed E-state index contributed by atoms with van der Waals surface area (Å²) in [6, 6.07) is 13.1. The second-order valence-corrected chi connectivity index (χ2v) is 4.93. The molecule has 3 nitrogen and oxygen atoms in total. The molecule has 0 spiro atoms. The fourth-order valence-corrected chi connectivity index (χ4v) is 2.06. The van der Waals surface area contributed by atoms with E-state index in [1.54, 1.807) is 12.1 Å². The number of benzene rings is 2. The van der Waals surface area contributed by atoms with Gasteiger partial charge in [0, 0.05) is 5.56 Å². The molecule has 0 aromatic heterocycles. The minimum Gasteiger partial charge on any atom is -0.494 e. The van der Waals surface area contributed by atoms with Gasteiger partial charge >= 0.3 is 0 Å². The fourth-order valence-electron chi connectivity index (χ4n) is 2.06. The van der Waals surface area contributed by atoms with Crippen molar-refractivity contribution < 1.29 is 14.3 Å². The van der Waals surface area contributed by atoms with Gasteiger partial charge in [-0.3, -0.25) is 4.79 Å². The summed E-state index contributed by atoms with van der Waals surface area (Å²) in [6.07, 6.45) is 0. The Morgan fingerprint density at radius 3 is 2.19 bits per heavy atom. The van der Waals surface area contributed by atoms with E-state index in [1.165, 1.54) is 0 Å². The lowest BCUT2D eigenvalue weighted by Crippen LogP contribution is -2.13. The Morgan fingerprint density at radius 1 is 0.952 bits per heavy atom. The molecule has 21 heavy (non-hydrogen) atoms. The maximum Gasteiger partial charge on any atom is 0.200 e. The number of aryl methyl sites for hydroxylation is 2. The third kappa shape index (κ3) is 4.09. The van der Waals surface area contributed by atoms with Gasteiger partial charge in [-0.2, -0.15) is 0 Å². The van der Waals surface area contributed by atoms with Gasteiger partial charge in [0.05, 0.1) is 6.61 Å². The predicted octanol–water partition coefficient (Wildman–Crippen LogP) is 3.96. The summed E-state index contributed by atoms with van der Waals surface area (Å²) in [5.41, 5.74) is 2.77. The fraction of sp³-hybridized carbons (Fsp3) is 0.278. The smallest absolute Gasteiger partial charge is 0.200 e. The first-order valence-electron chi connectivity index (χ1n) is 7.06. The van der Waals surface area contributed by atoms with E-state index < -0.39 is 0 Å². The Labute approximate surface area is 125 Å². The second-order valence-electron chi connectivity index (χ2n) is 4.93. The van der Waals surface area contributed by atoms with Crippen molar-refractivity contribution in [1.29, 1.82) is 0 Å². The van der Waals surface area contributed by atoms with Gasteiger partial charge in [0.15, 0.2) is 12.4 Å². The summed E-state index contributed by atoms with van der Waals surface area (Å²) in [5, 5.41) is 0. The molecule has 0 fully saturated rings. The largest absolute Gasteiger partial charge is 0.494 e. The molecule has 0 aliphatic rings. The van der Waals surface area contributed by atoms with Crippen LogP contribution < -0.4 is 9.47 Å². The predicted molar refractivity (Wildman–Crippen MR) is 83.4 cm³/mol. The lowest BCUT2D eigenvalue weighted by atomic mass is 10.0. The van der Waals surface area contributed by atoms with Gasteiger partial charge in [-0.25, -0.2) is 0 Å². The average Bonchev–Trinajstić information content (AvgIpc) is 2.49. The Balaban J connectivity index is 1.99. The Morgan fingerprint density at radius 2 is 1.57 bits per heavy atom. The van der Waals surface area contributed by atoms with Crippen LogP contribution in [0.3, 0.4) is 0 Å². The molecular weight excluding hydrogens is 264 g/mol. The molecule has 110 valence electrons. The number of Topliss-reactive ketones (excluding diaryl/α,β-unsaturated/α-hetero) is 1. The average molecular weight is 284 g/mol. The number of carbonyl (C=O) groups is 1. The maximum absolute atomic E-state index is 12.2. The molecule has 0 unspecified atom stereocenters. The van der Waals surface area contributed by atoms with Crippen molar-refractivity contribution in [3.63, 3.8) is 0 Å². The summed E-state index contributed by atoms with van der Waals surface area (Å²) in [5.74, 6) is 1.45. The first-order valence-corrected chi connectivity index (χ1v) is 7.06. The van der Waals surface area contributed by atoms with Crippen molar-refractivity contribution in [2.24, 2.45) is 0 Å². The molecule has 0 N–H and O–H groups in total. The molecule has 2 rings (SSSR count). The third-order valence-electron chi connectivity index (χ3n) is 3.20. The van der Waals surface area contributed by atoms with Crippen LogP contribution in [0, 0.1) is 13.8 Å². The molecule has 0 aliphatic heterocycles. The van der Waals surface area contributed by atoms with Crippen molar-refractivity contribution in [2.45, 2.75) is 20.8 Å². The molecule has 0 aliphatic carbocycles. The van der Waals surface area contributed by atoms with E-state index >= 15 is 0 Å². The standard InChI is InChI=1S/C18H20O3/c1-4-20-15-7-9-16(10-8-15)21-12-18(19)17-11-13(2)5-6-14(17)3/h5-11H,4,12H2,1-3H3. The normalized spacial score (nSPS) is 10.2. The van der Waals surface area contributed by atoms with Crippen molar-refractivity contribution in [1.82, 2.24) is 0 Å². The minimum atomic E-state index is -0.00918. The van der Waals surface area contributed by atoms with Gasteiger partial charge in [0.25, 0.3) is 0 Å². The number of hydrogen-bond acceptors (Lipinski definition) is 3. The van der Waals surface area contributed by atoms with Gasteiger partial charge in [-0.1, -0.05) is 17.7 Å². The molecule has 2 aromatic carbocycles.